The molecule has 0 aliphatic rings. The van der Waals surface area contributed by atoms with Crippen molar-refractivity contribution in [1.82, 2.24) is 14.8 Å². The highest BCUT2D eigenvalue weighted by Crippen LogP contribution is 2.18. The zero-order valence-corrected chi connectivity index (χ0v) is 14.6. The summed E-state index contributed by atoms with van der Waals surface area (Å²) in [6, 6.07) is 5.00. The SMILES string of the molecule is COC[C@@H](NC(=O)N(C)Cc1cc(Cl)cn1C)c1ccc(C)o1. The van der Waals surface area contributed by atoms with Crippen LogP contribution in [-0.4, -0.2) is 36.3 Å². The molecule has 2 rings (SSSR count). The Balaban J connectivity index is 2.01. The number of methoxy groups -OCH3 is 1. The summed E-state index contributed by atoms with van der Waals surface area (Å²) in [7, 11) is 5.21. The number of urea groups is 1. The van der Waals surface area contributed by atoms with Crippen molar-refractivity contribution in [3.05, 3.63) is 46.6 Å². The average Bonchev–Trinajstić information content (AvgIpc) is 3.04. The van der Waals surface area contributed by atoms with Crippen LogP contribution < -0.4 is 5.32 Å². The molecule has 23 heavy (non-hydrogen) atoms. The zero-order valence-electron chi connectivity index (χ0n) is 13.8. The van der Waals surface area contributed by atoms with E-state index in [4.69, 9.17) is 20.8 Å². The molecule has 1 N–H and O–H groups in total. The second-order valence-electron chi connectivity index (χ2n) is 5.52. The van der Waals surface area contributed by atoms with E-state index >= 15 is 0 Å². The van der Waals surface area contributed by atoms with E-state index in [-0.39, 0.29) is 12.1 Å². The largest absolute Gasteiger partial charge is 0.464 e. The van der Waals surface area contributed by atoms with Crippen molar-refractivity contribution in [2.24, 2.45) is 7.05 Å². The minimum atomic E-state index is -0.333. The van der Waals surface area contributed by atoms with Gasteiger partial charge in [0.2, 0.25) is 0 Å². The molecule has 2 amide bonds. The van der Waals surface area contributed by atoms with Gasteiger partial charge in [0, 0.05) is 33.1 Å². The molecule has 0 aromatic carbocycles. The van der Waals surface area contributed by atoms with E-state index in [0.29, 0.717) is 23.9 Å². The Morgan fingerprint density at radius 2 is 2.26 bits per heavy atom. The fourth-order valence-corrected chi connectivity index (χ4v) is 2.57. The van der Waals surface area contributed by atoms with Gasteiger partial charge in [-0.1, -0.05) is 11.6 Å². The summed E-state index contributed by atoms with van der Waals surface area (Å²) in [5.41, 5.74) is 0.949. The molecule has 0 saturated carbocycles. The van der Waals surface area contributed by atoms with Crippen LogP contribution >= 0.6 is 11.6 Å². The van der Waals surface area contributed by atoms with E-state index in [1.165, 1.54) is 0 Å². The number of aryl methyl sites for hydroxylation is 2. The number of nitrogens with one attached hydrogen (secondary N) is 1. The highest BCUT2D eigenvalue weighted by molar-refractivity contribution is 6.30. The summed E-state index contributed by atoms with van der Waals surface area (Å²) in [5.74, 6) is 1.47. The predicted molar refractivity (Wildman–Crippen MR) is 88.5 cm³/mol. The number of furan rings is 1. The Hall–Kier alpha value is -1.92. The smallest absolute Gasteiger partial charge is 0.318 e. The first-order valence-electron chi connectivity index (χ1n) is 7.28. The summed E-state index contributed by atoms with van der Waals surface area (Å²) < 4.78 is 12.7. The van der Waals surface area contributed by atoms with E-state index in [1.807, 2.05) is 42.9 Å². The van der Waals surface area contributed by atoms with E-state index < -0.39 is 0 Å². The van der Waals surface area contributed by atoms with Crippen molar-refractivity contribution in [1.29, 1.82) is 0 Å². The van der Waals surface area contributed by atoms with E-state index in [9.17, 15) is 4.79 Å². The van der Waals surface area contributed by atoms with Crippen LogP contribution in [0.4, 0.5) is 4.79 Å². The molecule has 0 saturated heterocycles. The van der Waals surface area contributed by atoms with Crippen molar-refractivity contribution in [3.63, 3.8) is 0 Å². The number of carbonyl (C=O) groups is 1. The Morgan fingerprint density at radius 1 is 1.52 bits per heavy atom. The lowest BCUT2D eigenvalue weighted by atomic mass is 10.2. The number of ether oxygens (including phenoxy) is 1. The first kappa shape index (κ1) is 17.4. The lowest BCUT2D eigenvalue weighted by molar-refractivity contribution is 0.148. The first-order valence-corrected chi connectivity index (χ1v) is 7.66. The third-order valence-corrected chi connectivity index (χ3v) is 3.76. The van der Waals surface area contributed by atoms with Crippen molar-refractivity contribution in [3.8, 4) is 0 Å². The van der Waals surface area contributed by atoms with Crippen LogP contribution in [0, 0.1) is 6.92 Å². The molecule has 0 unspecified atom stereocenters. The van der Waals surface area contributed by atoms with Crippen molar-refractivity contribution < 1.29 is 13.9 Å². The number of rotatable bonds is 6. The van der Waals surface area contributed by atoms with Gasteiger partial charge in [-0.25, -0.2) is 4.79 Å². The molecule has 7 heteroatoms. The Kier molecular flexibility index (Phi) is 5.74. The van der Waals surface area contributed by atoms with Crippen molar-refractivity contribution >= 4 is 17.6 Å². The molecule has 0 aliphatic carbocycles. The van der Waals surface area contributed by atoms with E-state index in [2.05, 4.69) is 5.32 Å². The van der Waals surface area contributed by atoms with Gasteiger partial charge < -0.3 is 23.9 Å². The summed E-state index contributed by atoms with van der Waals surface area (Å²) in [5, 5.41) is 3.57. The van der Waals surface area contributed by atoms with Crippen LogP contribution in [0.1, 0.15) is 23.3 Å². The summed E-state index contributed by atoms with van der Waals surface area (Å²) in [6.45, 7) is 2.65. The van der Waals surface area contributed by atoms with Crippen LogP contribution in [0.5, 0.6) is 0 Å². The van der Waals surface area contributed by atoms with Crippen LogP contribution in [0.2, 0.25) is 5.02 Å². The maximum absolute atomic E-state index is 12.4. The summed E-state index contributed by atoms with van der Waals surface area (Å²) in [6.07, 6.45) is 1.81. The van der Waals surface area contributed by atoms with Crippen LogP contribution in [0.15, 0.2) is 28.8 Å². The zero-order chi connectivity index (χ0) is 17.0. The van der Waals surface area contributed by atoms with Crippen LogP contribution in [0.3, 0.4) is 0 Å². The topological polar surface area (TPSA) is 59.6 Å². The number of aromatic nitrogens is 1. The van der Waals surface area contributed by atoms with Gasteiger partial charge in [-0.15, -0.1) is 0 Å². The first-order chi connectivity index (χ1) is 10.9. The van der Waals surface area contributed by atoms with Gasteiger partial charge in [0.05, 0.1) is 18.2 Å². The Morgan fingerprint density at radius 3 is 2.78 bits per heavy atom. The Bertz CT molecular complexity index is 665. The van der Waals surface area contributed by atoms with Gasteiger partial charge in [0.15, 0.2) is 0 Å². The second-order valence-corrected chi connectivity index (χ2v) is 5.96. The molecule has 2 heterocycles. The van der Waals surface area contributed by atoms with Crippen molar-refractivity contribution in [2.75, 3.05) is 20.8 Å². The molecule has 1 atom stereocenters. The third kappa shape index (κ3) is 4.53. The molecular formula is C16H22ClN3O3. The third-order valence-electron chi connectivity index (χ3n) is 3.56. The Labute approximate surface area is 141 Å². The minimum Gasteiger partial charge on any atom is -0.464 e. The lowest BCUT2D eigenvalue weighted by Crippen LogP contribution is -2.40. The molecule has 2 aromatic heterocycles. The highest BCUT2D eigenvalue weighted by Gasteiger charge is 2.20. The van der Waals surface area contributed by atoms with Gasteiger partial charge in [-0.2, -0.15) is 0 Å². The maximum Gasteiger partial charge on any atom is 0.318 e. The molecule has 2 aromatic rings. The highest BCUT2D eigenvalue weighted by atomic mass is 35.5. The number of nitrogens with zero attached hydrogens (tertiary/aromatic N) is 2. The number of halogens is 1. The van der Waals surface area contributed by atoms with Crippen LogP contribution in [-0.2, 0) is 18.3 Å². The van der Waals surface area contributed by atoms with Crippen LogP contribution in [0.25, 0.3) is 0 Å². The van der Waals surface area contributed by atoms with Gasteiger partial charge >= 0.3 is 6.03 Å². The van der Waals surface area contributed by atoms with Gasteiger partial charge in [0.1, 0.15) is 17.6 Å². The molecule has 0 spiro atoms. The minimum absolute atomic E-state index is 0.210. The quantitative estimate of drug-likeness (QED) is 0.879. The fourth-order valence-electron chi connectivity index (χ4n) is 2.30. The monoisotopic (exact) mass is 339 g/mol. The fraction of sp³-hybridized carbons (Fsp3) is 0.438. The number of amides is 2. The number of hydrogen-bond donors (Lipinski definition) is 1. The number of hydrogen-bond acceptors (Lipinski definition) is 3. The van der Waals surface area contributed by atoms with Gasteiger partial charge in [-0.05, 0) is 25.1 Å². The molecule has 0 bridgehead atoms. The lowest BCUT2D eigenvalue weighted by Gasteiger charge is -2.22. The van der Waals surface area contributed by atoms with Gasteiger partial charge in [0.25, 0.3) is 0 Å². The standard InChI is InChI=1S/C16H22ClN3O3/c1-11-5-6-15(23-11)14(10-22-4)18-16(21)20(3)9-13-7-12(17)8-19(13)2/h5-8,14H,9-10H2,1-4H3,(H,18,21)/t14-/m1/s1. The molecule has 0 radical (unpaired) electrons. The molecule has 126 valence electrons. The molecule has 0 fully saturated rings. The summed E-state index contributed by atoms with van der Waals surface area (Å²) in [4.78, 5) is 14.0. The summed E-state index contributed by atoms with van der Waals surface area (Å²) >= 11 is 5.97. The maximum atomic E-state index is 12.4. The molecular weight excluding hydrogens is 318 g/mol. The van der Waals surface area contributed by atoms with Crippen molar-refractivity contribution in [2.45, 2.75) is 19.5 Å². The predicted octanol–water partition coefficient (Wildman–Crippen LogP) is 3.11. The second kappa shape index (κ2) is 7.57. The molecule has 0 aliphatic heterocycles. The number of carbonyl (C=O) groups excluding carboxylic acids is 1. The van der Waals surface area contributed by atoms with Gasteiger partial charge in [-0.3, -0.25) is 0 Å². The average molecular weight is 340 g/mol. The molecule has 6 nitrogen and oxygen atoms in total. The van der Waals surface area contributed by atoms with E-state index in [1.54, 1.807) is 19.1 Å². The van der Waals surface area contributed by atoms with E-state index in [0.717, 1.165) is 11.5 Å². The normalized spacial score (nSPS) is 12.2.